The van der Waals surface area contributed by atoms with Crippen LogP contribution in [0.3, 0.4) is 0 Å². The summed E-state index contributed by atoms with van der Waals surface area (Å²) in [6.07, 6.45) is 0.450. The van der Waals surface area contributed by atoms with Crippen molar-refractivity contribution >= 4 is 24.5 Å². The van der Waals surface area contributed by atoms with E-state index in [1.54, 1.807) is 30.3 Å². The van der Waals surface area contributed by atoms with E-state index in [0.717, 1.165) is 5.75 Å². The van der Waals surface area contributed by atoms with Gasteiger partial charge >= 0.3 is 5.97 Å². The third-order valence-electron chi connectivity index (χ3n) is 3.74. The van der Waals surface area contributed by atoms with Gasteiger partial charge in [0.05, 0.1) is 6.61 Å². The highest BCUT2D eigenvalue weighted by Gasteiger charge is 2.25. The molecule has 0 spiro atoms. The first-order valence-corrected chi connectivity index (χ1v) is 8.62. The zero-order valence-electron chi connectivity index (χ0n) is 13.7. The molecule has 1 unspecified atom stereocenters. The van der Waals surface area contributed by atoms with E-state index in [0.29, 0.717) is 24.3 Å². The molecule has 0 saturated heterocycles. The molecule has 0 aliphatic rings. The van der Waals surface area contributed by atoms with Crippen LogP contribution >= 0.6 is 12.6 Å². The van der Waals surface area contributed by atoms with E-state index in [-0.39, 0.29) is 5.91 Å². The molecule has 1 amide bonds. The first kappa shape index (κ1) is 18.9. The number of carboxylic acid groups (broad SMARTS) is 1. The third kappa shape index (κ3) is 5.83. The number of nitrogens with one attached hydrogen (secondary N) is 1. The molecular weight excluding hydrogens is 338 g/mol. The highest BCUT2D eigenvalue weighted by atomic mass is 32.1. The lowest BCUT2D eigenvalue weighted by Crippen LogP contribution is -2.38. The molecule has 2 aromatic carbocycles. The number of para-hydroxylation sites is 1. The van der Waals surface area contributed by atoms with Crippen molar-refractivity contribution in [2.75, 3.05) is 12.4 Å². The van der Waals surface area contributed by atoms with Gasteiger partial charge in [-0.15, -0.1) is 0 Å². The van der Waals surface area contributed by atoms with Crippen molar-refractivity contribution in [3.8, 4) is 5.75 Å². The van der Waals surface area contributed by atoms with Gasteiger partial charge in [0.1, 0.15) is 5.75 Å². The molecule has 2 N–H and O–H groups in total. The van der Waals surface area contributed by atoms with Crippen molar-refractivity contribution in [3.05, 3.63) is 66.2 Å². The molecule has 25 heavy (non-hydrogen) atoms. The van der Waals surface area contributed by atoms with Crippen LogP contribution in [0.25, 0.3) is 0 Å². The number of aliphatic carboxylic acids is 1. The van der Waals surface area contributed by atoms with E-state index < -0.39 is 17.9 Å². The second kappa shape index (κ2) is 9.74. The summed E-state index contributed by atoms with van der Waals surface area (Å²) in [5, 5.41) is 12.0. The van der Waals surface area contributed by atoms with Crippen LogP contribution < -0.4 is 10.1 Å². The number of carboxylic acids is 1. The highest BCUT2D eigenvalue weighted by molar-refractivity contribution is 7.80. The van der Waals surface area contributed by atoms with Crippen molar-refractivity contribution < 1.29 is 19.4 Å². The molecule has 6 heteroatoms. The Hall–Kier alpha value is -2.47. The van der Waals surface area contributed by atoms with Crippen molar-refractivity contribution in [3.63, 3.8) is 0 Å². The summed E-state index contributed by atoms with van der Waals surface area (Å²) in [4.78, 5) is 23.9. The minimum Gasteiger partial charge on any atom is -0.494 e. The summed E-state index contributed by atoms with van der Waals surface area (Å²) in [5.74, 6) is -0.836. The quantitative estimate of drug-likeness (QED) is 0.602. The Bertz CT molecular complexity index is 678. The lowest BCUT2D eigenvalue weighted by atomic mass is 10.0. The second-order valence-electron chi connectivity index (χ2n) is 5.52. The molecule has 0 aliphatic heterocycles. The molecule has 0 bridgehead atoms. The van der Waals surface area contributed by atoms with Crippen molar-refractivity contribution in [1.29, 1.82) is 0 Å². The van der Waals surface area contributed by atoms with Crippen molar-refractivity contribution in [2.45, 2.75) is 12.5 Å². The number of ether oxygens (including phenoxy) is 1. The monoisotopic (exact) mass is 359 g/mol. The van der Waals surface area contributed by atoms with Crippen LogP contribution in [0.2, 0.25) is 0 Å². The Labute approximate surface area is 152 Å². The van der Waals surface area contributed by atoms with Gasteiger partial charge in [-0.3, -0.25) is 4.79 Å². The minimum atomic E-state index is -1.10. The molecule has 5 nitrogen and oxygen atoms in total. The number of carbonyl (C=O) groups excluding carboxylic acids is 1. The summed E-state index contributed by atoms with van der Waals surface area (Å²) in [7, 11) is 0. The molecule has 0 heterocycles. The van der Waals surface area contributed by atoms with Crippen LogP contribution in [-0.4, -0.2) is 29.3 Å². The molecule has 2 rings (SSSR count). The average Bonchev–Trinajstić information content (AvgIpc) is 2.64. The van der Waals surface area contributed by atoms with Gasteiger partial charge in [0.15, 0.2) is 6.04 Å². The Morgan fingerprint density at radius 1 is 1.04 bits per heavy atom. The summed E-state index contributed by atoms with van der Waals surface area (Å²) >= 11 is 4.21. The Kier molecular flexibility index (Phi) is 7.35. The zero-order chi connectivity index (χ0) is 18.1. The van der Waals surface area contributed by atoms with E-state index in [1.165, 1.54) is 0 Å². The average molecular weight is 359 g/mol. The number of hydrogen-bond donors (Lipinski definition) is 3. The highest BCUT2D eigenvalue weighted by Crippen LogP contribution is 2.16. The molecule has 0 aliphatic carbocycles. The van der Waals surface area contributed by atoms with Crippen molar-refractivity contribution in [2.24, 2.45) is 5.92 Å². The van der Waals surface area contributed by atoms with Gasteiger partial charge < -0.3 is 15.2 Å². The Morgan fingerprint density at radius 2 is 1.64 bits per heavy atom. The molecular formula is C19H21NO4S. The number of hydrogen-bond acceptors (Lipinski definition) is 4. The smallest absolute Gasteiger partial charge is 0.330 e. The molecule has 132 valence electrons. The summed E-state index contributed by atoms with van der Waals surface area (Å²) in [6.45, 7) is 0.353. The van der Waals surface area contributed by atoms with E-state index >= 15 is 0 Å². The SMILES string of the molecule is O=C(N[C@@H](C(=O)O)c1ccccc1)C(CS)CCOc1ccccc1. The number of carbonyl (C=O) groups is 2. The van der Waals surface area contributed by atoms with E-state index in [2.05, 4.69) is 17.9 Å². The first-order valence-electron chi connectivity index (χ1n) is 7.98. The van der Waals surface area contributed by atoms with Crippen LogP contribution in [0, 0.1) is 5.92 Å². The summed E-state index contributed by atoms with van der Waals surface area (Å²) in [6, 6.07) is 16.9. The lowest BCUT2D eigenvalue weighted by molar-refractivity contribution is -0.142. The van der Waals surface area contributed by atoms with Gasteiger partial charge in [-0.1, -0.05) is 48.5 Å². The predicted molar refractivity (Wildman–Crippen MR) is 98.9 cm³/mol. The van der Waals surface area contributed by atoms with Gasteiger partial charge in [0.25, 0.3) is 0 Å². The van der Waals surface area contributed by atoms with E-state index in [9.17, 15) is 14.7 Å². The molecule has 2 atom stereocenters. The fourth-order valence-corrected chi connectivity index (χ4v) is 2.68. The van der Waals surface area contributed by atoms with Crippen LogP contribution in [0.5, 0.6) is 5.75 Å². The lowest BCUT2D eigenvalue weighted by Gasteiger charge is -2.19. The maximum absolute atomic E-state index is 12.4. The maximum atomic E-state index is 12.4. The largest absolute Gasteiger partial charge is 0.494 e. The molecule has 0 fully saturated rings. The molecule has 2 aromatic rings. The van der Waals surface area contributed by atoms with Crippen LogP contribution in [-0.2, 0) is 9.59 Å². The van der Waals surface area contributed by atoms with Gasteiger partial charge in [0.2, 0.25) is 5.91 Å². The summed E-state index contributed by atoms with van der Waals surface area (Å²) < 4.78 is 5.60. The van der Waals surface area contributed by atoms with Gasteiger partial charge in [-0.05, 0) is 24.1 Å². The molecule has 0 aromatic heterocycles. The van der Waals surface area contributed by atoms with E-state index in [1.807, 2.05) is 30.3 Å². The number of amides is 1. The van der Waals surface area contributed by atoms with Gasteiger partial charge in [-0.25, -0.2) is 4.79 Å². The standard InChI is InChI=1S/C19H21NO4S/c21-18(20-17(19(22)23)14-7-3-1-4-8-14)15(13-25)11-12-24-16-9-5-2-6-10-16/h1-10,15,17,25H,11-13H2,(H,20,21)(H,22,23)/t15?,17-/m1/s1. The number of rotatable bonds is 9. The Morgan fingerprint density at radius 3 is 2.20 bits per heavy atom. The normalized spacial score (nSPS) is 12.8. The molecule has 0 saturated carbocycles. The van der Waals surface area contributed by atoms with Crippen LogP contribution in [0.15, 0.2) is 60.7 Å². The topological polar surface area (TPSA) is 75.6 Å². The van der Waals surface area contributed by atoms with E-state index in [4.69, 9.17) is 4.74 Å². The minimum absolute atomic E-state index is 0.311. The maximum Gasteiger partial charge on any atom is 0.330 e. The zero-order valence-corrected chi connectivity index (χ0v) is 14.6. The predicted octanol–water partition coefficient (Wildman–Crippen LogP) is 2.94. The van der Waals surface area contributed by atoms with Gasteiger partial charge in [-0.2, -0.15) is 12.6 Å². The first-order chi connectivity index (χ1) is 12.1. The summed E-state index contributed by atoms with van der Waals surface area (Å²) in [5.41, 5.74) is 0.529. The van der Waals surface area contributed by atoms with Crippen LogP contribution in [0.4, 0.5) is 0 Å². The van der Waals surface area contributed by atoms with Crippen LogP contribution in [0.1, 0.15) is 18.0 Å². The fraction of sp³-hybridized carbons (Fsp3) is 0.263. The number of benzene rings is 2. The van der Waals surface area contributed by atoms with Gasteiger partial charge in [0, 0.05) is 11.7 Å². The Balaban J connectivity index is 1.92. The fourth-order valence-electron chi connectivity index (χ4n) is 2.33. The number of thiol groups is 1. The molecule has 0 radical (unpaired) electrons. The third-order valence-corrected chi connectivity index (χ3v) is 4.18. The second-order valence-corrected chi connectivity index (χ2v) is 5.89. The van der Waals surface area contributed by atoms with Crippen molar-refractivity contribution in [1.82, 2.24) is 5.32 Å².